The molecule has 2 N–H and O–H groups in total. The number of carbonyl (C=O) groups is 1. The SMILES string of the molecule is O=C(Cn1ccc2ccccc2c1=O)NC1Cc2ccccc2C1O. The van der Waals surface area contributed by atoms with Gasteiger partial charge in [-0.1, -0.05) is 42.5 Å². The normalized spacial score (nSPS) is 18.9. The Balaban J connectivity index is 1.50. The second-order valence-corrected chi connectivity index (χ2v) is 6.36. The van der Waals surface area contributed by atoms with Crippen LogP contribution in [0, 0.1) is 0 Å². The van der Waals surface area contributed by atoms with Crippen molar-refractivity contribution >= 4 is 16.7 Å². The smallest absolute Gasteiger partial charge is 0.258 e. The van der Waals surface area contributed by atoms with Crippen molar-refractivity contribution in [1.82, 2.24) is 9.88 Å². The van der Waals surface area contributed by atoms with Crippen LogP contribution in [0.25, 0.3) is 10.8 Å². The van der Waals surface area contributed by atoms with E-state index in [-0.39, 0.29) is 24.1 Å². The highest BCUT2D eigenvalue weighted by Gasteiger charge is 2.31. The van der Waals surface area contributed by atoms with E-state index in [1.165, 1.54) is 4.57 Å². The first kappa shape index (κ1) is 15.6. The van der Waals surface area contributed by atoms with Crippen molar-refractivity contribution in [2.24, 2.45) is 0 Å². The fourth-order valence-corrected chi connectivity index (χ4v) is 3.47. The van der Waals surface area contributed by atoms with E-state index in [1.807, 2.05) is 42.5 Å². The lowest BCUT2D eigenvalue weighted by atomic mass is 10.1. The minimum Gasteiger partial charge on any atom is -0.386 e. The Bertz CT molecular complexity index is 1010. The van der Waals surface area contributed by atoms with Crippen molar-refractivity contribution in [1.29, 1.82) is 0 Å². The Morgan fingerprint density at radius 2 is 1.88 bits per heavy atom. The molecular formula is C20H18N2O3. The molecule has 0 spiro atoms. The molecule has 5 nitrogen and oxygen atoms in total. The summed E-state index contributed by atoms with van der Waals surface area (Å²) in [6, 6.07) is 16.4. The second-order valence-electron chi connectivity index (χ2n) is 6.36. The van der Waals surface area contributed by atoms with E-state index < -0.39 is 6.10 Å². The largest absolute Gasteiger partial charge is 0.386 e. The highest BCUT2D eigenvalue weighted by atomic mass is 16.3. The minimum atomic E-state index is -0.714. The first-order chi connectivity index (χ1) is 12.1. The zero-order chi connectivity index (χ0) is 17.4. The predicted octanol–water partition coefficient (Wildman–Crippen LogP) is 1.78. The molecule has 2 unspecified atom stereocenters. The third kappa shape index (κ3) is 2.83. The quantitative estimate of drug-likeness (QED) is 0.767. The summed E-state index contributed by atoms with van der Waals surface area (Å²) >= 11 is 0. The van der Waals surface area contributed by atoms with Crippen molar-refractivity contribution in [3.05, 3.63) is 82.3 Å². The van der Waals surface area contributed by atoms with Gasteiger partial charge in [0, 0.05) is 11.6 Å². The lowest BCUT2D eigenvalue weighted by Gasteiger charge is -2.17. The van der Waals surface area contributed by atoms with Crippen molar-refractivity contribution in [2.75, 3.05) is 0 Å². The van der Waals surface area contributed by atoms with Gasteiger partial charge in [0.1, 0.15) is 6.54 Å². The molecule has 1 aromatic heterocycles. The van der Waals surface area contributed by atoms with Gasteiger partial charge < -0.3 is 15.0 Å². The zero-order valence-corrected chi connectivity index (χ0v) is 13.6. The van der Waals surface area contributed by atoms with Gasteiger partial charge in [-0.05, 0) is 35.1 Å². The number of aliphatic hydroxyl groups excluding tert-OH is 1. The maximum atomic E-state index is 12.5. The Morgan fingerprint density at radius 1 is 1.12 bits per heavy atom. The lowest BCUT2D eigenvalue weighted by molar-refractivity contribution is -0.123. The van der Waals surface area contributed by atoms with Crippen LogP contribution >= 0.6 is 0 Å². The molecule has 126 valence electrons. The van der Waals surface area contributed by atoms with Crippen LogP contribution in [0.1, 0.15) is 17.2 Å². The summed E-state index contributed by atoms with van der Waals surface area (Å²) in [6.45, 7) is -0.0662. The summed E-state index contributed by atoms with van der Waals surface area (Å²) in [5, 5.41) is 14.7. The molecule has 2 aromatic carbocycles. The molecule has 1 aliphatic carbocycles. The van der Waals surface area contributed by atoms with Gasteiger partial charge in [0.2, 0.25) is 5.91 Å². The third-order valence-corrected chi connectivity index (χ3v) is 4.74. The Kier molecular flexibility index (Phi) is 3.86. The number of aliphatic hydroxyl groups is 1. The monoisotopic (exact) mass is 334 g/mol. The molecule has 25 heavy (non-hydrogen) atoms. The van der Waals surface area contributed by atoms with Crippen LogP contribution in [0.3, 0.4) is 0 Å². The maximum absolute atomic E-state index is 12.5. The summed E-state index contributed by atoms with van der Waals surface area (Å²) in [5.41, 5.74) is 1.71. The van der Waals surface area contributed by atoms with Gasteiger partial charge in [-0.25, -0.2) is 0 Å². The molecule has 0 saturated carbocycles. The molecule has 0 radical (unpaired) electrons. The summed E-state index contributed by atoms with van der Waals surface area (Å²) in [4.78, 5) is 24.8. The van der Waals surface area contributed by atoms with Crippen molar-refractivity contribution < 1.29 is 9.90 Å². The van der Waals surface area contributed by atoms with Gasteiger partial charge in [0.25, 0.3) is 5.56 Å². The average molecular weight is 334 g/mol. The molecule has 1 heterocycles. The zero-order valence-electron chi connectivity index (χ0n) is 13.6. The van der Waals surface area contributed by atoms with E-state index >= 15 is 0 Å². The maximum Gasteiger partial charge on any atom is 0.258 e. The summed E-state index contributed by atoms with van der Waals surface area (Å²) < 4.78 is 1.39. The molecular weight excluding hydrogens is 316 g/mol. The average Bonchev–Trinajstić information content (AvgIpc) is 2.94. The van der Waals surface area contributed by atoms with Crippen LogP contribution < -0.4 is 10.9 Å². The van der Waals surface area contributed by atoms with Crippen LogP contribution in [0.5, 0.6) is 0 Å². The molecule has 0 bridgehead atoms. The van der Waals surface area contributed by atoms with Crippen LogP contribution in [-0.2, 0) is 17.8 Å². The third-order valence-electron chi connectivity index (χ3n) is 4.74. The standard InChI is InChI=1S/C20H18N2O3/c23-18(21-17-11-14-6-2-3-7-15(14)19(17)24)12-22-10-9-13-5-1-4-8-16(13)20(22)25/h1-10,17,19,24H,11-12H2,(H,21,23). The van der Waals surface area contributed by atoms with Gasteiger partial charge in [0.15, 0.2) is 0 Å². The highest BCUT2D eigenvalue weighted by Crippen LogP contribution is 2.30. The molecule has 1 aliphatic rings. The van der Waals surface area contributed by atoms with Crippen molar-refractivity contribution in [3.8, 4) is 0 Å². The van der Waals surface area contributed by atoms with Crippen LogP contribution in [0.2, 0.25) is 0 Å². The van der Waals surface area contributed by atoms with E-state index in [4.69, 9.17) is 0 Å². The van der Waals surface area contributed by atoms with Crippen LogP contribution in [0.4, 0.5) is 0 Å². The number of rotatable bonds is 3. The molecule has 3 aromatic rings. The number of benzene rings is 2. The summed E-state index contributed by atoms with van der Waals surface area (Å²) in [5.74, 6) is -0.283. The summed E-state index contributed by atoms with van der Waals surface area (Å²) in [7, 11) is 0. The fourth-order valence-electron chi connectivity index (χ4n) is 3.47. The number of amides is 1. The molecule has 0 fully saturated rings. The van der Waals surface area contributed by atoms with E-state index in [9.17, 15) is 14.7 Å². The number of fused-ring (bicyclic) bond motifs is 2. The first-order valence-electron chi connectivity index (χ1n) is 8.27. The molecule has 0 saturated heterocycles. The molecule has 4 rings (SSSR count). The van der Waals surface area contributed by atoms with E-state index in [2.05, 4.69) is 5.32 Å². The highest BCUT2D eigenvalue weighted by molar-refractivity contribution is 5.82. The fraction of sp³-hybridized carbons (Fsp3) is 0.200. The van der Waals surface area contributed by atoms with Gasteiger partial charge in [0.05, 0.1) is 12.1 Å². The molecule has 0 aliphatic heterocycles. The Labute approximate surface area is 144 Å². The Hall–Kier alpha value is -2.92. The van der Waals surface area contributed by atoms with Crippen molar-refractivity contribution in [2.45, 2.75) is 25.1 Å². The van der Waals surface area contributed by atoms with E-state index in [1.54, 1.807) is 18.3 Å². The molecule has 1 amide bonds. The van der Waals surface area contributed by atoms with Crippen LogP contribution in [0.15, 0.2) is 65.6 Å². The minimum absolute atomic E-state index is 0.0662. The topological polar surface area (TPSA) is 71.3 Å². The second kappa shape index (κ2) is 6.18. The number of hydrogen-bond acceptors (Lipinski definition) is 3. The van der Waals surface area contributed by atoms with E-state index in [0.29, 0.717) is 11.8 Å². The first-order valence-corrected chi connectivity index (χ1v) is 8.27. The number of carbonyl (C=O) groups excluding carboxylic acids is 1. The molecule has 2 atom stereocenters. The lowest BCUT2D eigenvalue weighted by Crippen LogP contribution is -2.41. The number of nitrogens with zero attached hydrogens (tertiary/aromatic N) is 1. The number of pyridine rings is 1. The van der Waals surface area contributed by atoms with Gasteiger partial charge in [-0.3, -0.25) is 9.59 Å². The predicted molar refractivity (Wildman–Crippen MR) is 95.2 cm³/mol. The number of aromatic nitrogens is 1. The molecule has 5 heteroatoms. The number of nitrogens with one attached hydrogen (secondary N) is 1. The van der Waals surface area contributed by atoms with E-state index in [0.717, 1.165) is 16.5 Å². The van der Waals surface area contributed by atoms with Crippen molar-refractivity contribution in [3.63, 3.8) is 0 Å². The van der Waals surface area contributed by atoms with Crippen LogP contribution in [-0.4, -0.2) is 21.6 Å². The number of hydrogen-bond donors (Lipinski definition) is 2. The van der Waals surface area contributed by atoms with Gasteiger partial charge >= 0.3 is 0 Å². The Morgan fingerprint density at radius 3 is 2.72 bits per heavy atom. The summed E-state index contributed by atoms with van der Waals surface area (Å²) in [6.07, 6.45) is 1.51. The van der Waals surface area contributed by atoms with Gasteiger partial charge in [-0.2, -0.15) is 0 Å². The van der Waals surface area contributed by atoms with Gasteiger partial charge in [-0.15, -0.1) is 0 Å².